The van der Waals surface area contributed by atoms with Crippen molar-refractivity contribution in [2.45, 2.75) is 20.1 Å². The van der Waals surface area contributed by atoms with Crippen molar-refractivity contribution in [1.29, 1.82) is 5.26 Å². The lowest BCUT2D eigenvalue weighted by atomic mass is 10.1. The minimum Gasteiger partial charge on any atom is -0.497 e. The summed E-state index contributed by atoms with van der Waals surface area (Å²) >= 11 is 2.08. The second-order valence-corrected chi connectivity index (χ2v) is 8.84. The predicted octanol–water partition coefficient (Wildman–Crippen LogP) is 5.65. The van der Waals surface area contributed by atoms with Crippen molar-refractivity contribution < 1.29 is 28.1 Å². The third kappa shape index (κ3) is 7.36. The SMILES string of the molecule is CCOc1cc(/C=C(\C#N)C(=O)NCc2ccc(OC)cc2OC)cc(I)c1OCc1ccccc1F. The zero-order chi connectivity index (χ0) is 26.8. The van der Waals surface area contributed by atoms with Gasteiger partial charge >= 0.3 is 0 Å². The van der Waals surface area contributed by atoms with Gasteiger partial charge in [0.15, 0.2) is 11.5 Å². The average Bonchev–Trinajstić information content (AvgIpc) is 2.90. The van der Waals surface area contributed by atoms with Crippen LogP contribution >= 0.6 is 22.6 Å². The van der Waals surface area contributed by atoms with Gasteiger partial charge < -0.3 is 24.3 Å². The lowest BCUT2D eigenvalue weighted by Crippen LogP contribution is -2.24. The Morgan fingerprint density at radius 3 is 2.51 bits per heavy atom. The highest BCUT2D eigenvalue weighted by Crippen LogP contribution is 2.35. The highest BCUT2D eigenvalue weighted by Gasteiger charge is 2.16. The second-order valence-electron chi connectivity index (χ2n) is 7.67. The number of hydrogen-bond acceptors (Lipinski definition) is 6. The Labute approximate surface area is 228 Å². The Bertz CT molecular complexity index is 1340. The maximum absolute atomic E-state index is 14.0. The van der Waals surface area contributed by atoms with Crippen molar-refractivity contribution in [2.24, 2.45) is 0 Å². The van der Waals surface area contributed by atoms with Gasteiger partial charge in [-0.25, -0.2) is 4.39 Å². The Morgan fingerprint density at radius 1 is 1.05 bits per heavy atom. The monoisotopic (exact) mass is 616 g/mol. The van der Waals surface area contributed by atoms with Crippen molar-refractivity contribution in [3.8, 4) is 29.1 Å². The number of halogens is 2. The van der Waals surface area contributed by atoms with E-state index >= 15 is 0 Å². The van der Waals surface area contributed by atoms with E-state index in [9.17, 15) is 14.4 Å². The number of methoxy groups -OCH3 is 2. The number of amides is 1. The van der Waals surface area contributed by atoms with Crippen molar-refractivity contribution >= 4 is 34.6 Å². The van der Waals surface area contributed by atoms with E-state index in [-0.39, 0.29) is 24.5 Å². The third-order valence-corrected chi connectivity index (χ3v) is 6.07. The molecule has 0 aliphatic heterocycles. The van der Waals surface area contributed by atoms with Crippen molar-refractivity contribution in [3.05, 3.63) is 86.2 Å². The molecule has 3 aromatic carbocycles. The van der Waals surface area contributed by atoms with Gasteiger partial charge in [-0.2, -0.15) is 5.26 Å². The fourth-order valence-electron chi connectivity index (χ4n) is 3.42. The molecule has 0 radical (unpaired) electrons. The van der Waals surface area contributed by atoms with E-state index in [1.54, 1.807) is 55.6 Å². The van der Waals surface area contributed by atoms with Gasteiger partial charge in [0.25, 0.3) is 5.91 Å². The van der Waals surface area contributed by atoms with E-state index in [0.717, 1.165) is 5.56 Å². The molecule has 0 spiro atoms. The van der Waals surface area contributed by atoms with E-state index in [4.69, 9.17) is 18.9 Å². The fraction of sp³-hybridized carbons (Fsp3) is 0.214. The van der Waals surface area contributed by atoms with Gasteiger partial charge in [-0.05, 0) is 71.5 Å². The van der Waals surface area contributed by atoms with Gasteiger partial charge in [-0.1, -0.05) is 18.2 Å². The van der Waals surface area contributed by atoms with Crippen LogP contribution in [0.2, 0.25) is 0 Å². The number of hydrogen-bond donors (Lipinski definition) is 1. The highest BCUT2D eigenvalue weighted by molar-refractivity contribution is 14.1. The zero-order valence-corrected chi connectivity index (χ0v) is 22.8. The van der Waals surface area contributed by atoms with Crippen LogP contribution in [0.25, 0.3) is 6.08 Å². The van der Waals surface area contributed by atoms with Crippen LogP contribution in [0.1, 0.15) is 23.6 Å². The lowest BCUT2D eigenvalue weighted by Gasteiger charge is -2.15. The predicted molar refractivity (Wildman–Crippen MR) is 146 cm³/mol. The molecule has 1 N–H and O–H groups in total. The molecule has 0 heterocycles. The molecule has 0 fully saturated rings. The molecule has 0 aromatic heterocycles. The normalized spacial score (nSPS) is 10.9. The summed E-state index contributed by atoms with van der Waals surface area (Å²) in [7, 11) is 3.09. The van der Waals surface area contributed by atoms with Crippen LogP contribution in [0.15, 0.2) is 60.2 Å². The zero-order valence-electron chi connectivity index (χ0n) is 20.6. The Morgan fingerprint density at radius 2 is 1.84 bits per heavy atom. The molecule has 37 heavy (non-hydrogen) atoms. The van der Waals surface area contributed by atoms with Crippen LogP contribution in [0.4, 0.5) is 4.39 Å². The molecule has 0 saturated heterocycles. The van der Waals surface area contributed by atoms with Crippen molar-refractivity contribution in [1.82, 2.24) is 5.32 Å². The molecule has 1 amide bonds. The summed E-state index contributed by atoms with van der Waals surface area (Å²) < 4.78 is 36.9. The first kappa shape index (κ1) is 27.8. The summed E-state index contributed by atoms with van der Waals surface area (Å²) in [6.07, 6.45) is 1.48. The van der Waals surface area contributed by atoms with Gasteiger partial charge in [-0.3, -0.25) is 4.79 Å². The van der Waals surface area contributed by atoms with Crippen LogP contribution in [0, 0.1) is 20.7 Å². The Hall–Kier alpha value is -3.78. The minimum absolute atomic E-state index is 0.0264. The molecule has 0 bridgehead atoms. The van der Waals surface area contributed by atoms with Crippen LogP contribution in [-0.2, 0) is 17.9 Å². The lowest BCUT2D eigenvalue weighted by molar-refractivity contribution is -0.117. The summed E-state index contributed by atoms with van der Waals surface area (Å²) in [5.74, 6) is 1.19. The van der Waals surface area contributed by atoms with Crippen LogP contribution in [-0.4, -0.2) is 26.7 Å². The average molecular weight is 616 g/mol. The molecule has 3 rings (SSSR count). The first-order valence-corrected chi connectivity index (χ1v) is 12.4. The van der Waals surface area contributed by atoms with Gasteiger partial charge in [0, 0.05) is 23.7 Å². The Kier molecular flexibility index (Phi) is 10.1. The van der Waals surface area contributed by atoms with Crippen molar-refractivity contribution in [3.63, 3.8) is 0 Å². The maximum Gasteiger partial charge on any atom is 0.262 e. The van der Waals surface area contributed by atoms with E-state index in [2.05, 4.69) is 27.9 Å². The molecule has 0 saturated carbocycles. The van der Waals surface area contributed by atoms with Crippen LogP contribution in [0.5, 0.6) is 23.0 Å². The molecule has 0 unspecified atom stereocenters. The van der Waals surface area contributed by atoms with E-state index in [0.29, 0.717) is 44.3 Å². The quantitative estimate of drug-likeness (QED) is 0.170. The van der Waals surface area contributed by atoms with Gasteiger partial charge in [-0.15, -0.1) is 0 Å². The molecule has 0 aliphatic carbocycles. The number of ether oxygens (including phenoxy) is 4. The van der Waals surface area contributed by atoms with Crippen molar-refractivity contribution in [2.75, 3.05) is 20.8 Å². The summed E-state index contributed by atoms with van der Waals surface area (Å²) in [5, 5.41) is 12.4. The van der Waals surface area contributed by atoms with Gasteiger partial charge in [0.2, 0.25) is 0 Å². The van der Waals surface area contributed by atoms with Crippen LogP contribution in [0.3, 0.4) is 0 Å². The fourth-order valence-corrected chi connectivity index (χ4v) is 4.20. The van der Waals surface area contributed by atoms with Crippen LogP contribution < -0.4 is 24.3 Å². The third-order valence-electron chi connectivity index (χ3n) is 5.27. The van der Waals surface area contributed by atoms with E-state index in [1.165, 1.54) is 19.3 Å². The minimum atomic E-state index is -0.534. The highest BCUT2D eigenvalue weighted by atomic mass is 127. The smallest absolute Gasteiger partial charge is 0.262 e. The Balaban J connectivity index is 1.79. The molecule has 9 heteroatoms. The molecule has 192 valence electrons. The van der Waals surface area contributed by atoms with E-state index < -0.39 is 5.91 Å². The molecular weight excluding hydrogens is 590 g/mol. The summed E-state index contributed by atoms with van der Waals surface area (Å²) in [6, 6.07) is 17.0. The summed E-state index contributed by atoms with van der Waals surface area (Å²) in [6.45, 7) is 2.39. The number of rotatable bonds is 11. The van der Waals surface area contributed by atoms with Gasteiger partial charge in [0.1, 0.15) is 35.6 Å². The number of carbonyl (C=O) groups excluding carboxylic acids is 1. The first-order chi connectivity index (χ1) is 17.9. The molecular formula is C28H26FIN2O5. The maximum atomic E-state index is 14.0. The number of nitrogens with zero attached hydrogens (tertiary/aromatic N) is 1. The second kappa shape index (κ2) is 13.5. The largest absolute Gasteiger partial charge is 0.497 e. The number of benzene rings is 3. The summed E-state index contributed by atoms with van der Waals surface area (Å²) in [5.41, 5.74) is 1.66. The molecule has 7 nitrogen and oxygen atoms in total. The molecule has 0 aliphatic rings. The van der Waals surface area contributed by atoms with E-state index in [1.807, 2.05) is 13.0 Å². The number of nitriles is 1. The molecule has 3 aromatic rings. The first-order valence-electron chi connectivity index (χ1n) is 11.3. The van der Waals surface area contributed by atoms with Gasteiger partial charge in [0.05, 0.1) is 24.4 Å². The standard InChI is InChI=1S/C28H26FIN2O5/c1-4-36-26-13-18(12-24(30)27(26)37-17-20-7-5-6-8-23(20)29)11-21(15-31)28(33)32-16-19-9-10-22(34-2)14-25(19)35-3/h5-14H,4,16-17H2,1-3H3,(H,32,33)/b21-11+. The summed E-state index contributed by atoms with van der Waals surface area (Å²) in [4.78, 5) is 12.8. The topological polar surface area (TPSA) is 89.8 Å². The molecule has 0 atom stereocenters. The number of nitrogens with one attached hydrogen (secondary N) is 1. The number of carbonyl (C=O) groups is 1.